The minimum atomic E-state index is -2.62. The summed E-state index contributed by atoms with van der Waals surface area (Å²) in [5.41, 5.74) is 0. The summed E-state index contributed by atoms with van der Waals surface area (Å²) in [6.07, 6.45) is 38.0. The molecule has 0 aromatic carbocycles. The zero-order chi connectivity index (χ0) is 32.6. The van der Waals surface area contributed by atoms with Crippen LogP contribution in [0.5, 0.6) is 0 Å². The molecule has 0 saturated carbocycles. The van der Waals surface area contributed by atoms with Crippen LogP contribution < -0.4 is 0 Å². The fourth-order valence-corrected chi connectivity index (χ4v) is 6.45. The van der Waals surface area contributed by atoms with Crippen molar-refractivity contribution in [1.82, 2.24) is 0 Å². The van der Waals surface area contributed by atoms with Gasteiger partial charge in [-0.1, -0.05) is 194 Å². The summed E-state index contributed by atoms with van der Waals surface area (Å²) in [5, 5.41) is 19.4. The molecular weight excluding hydrogens is 568 g/mol. The Morgan fingerprint density at radius 3 is 1.00 bits per heavy atom. The number of hydrogen-bond acceptors (Lipinski definition) is 4. The van der Waals surface area contributed by atoms with Crippen molar-refractivity contribution in [3.8, 4) is 0 Å². The van der Waals surface area contributed by atoms with Gasteiger partial charge >= 0.3 is 0 Å². The standard InChI is InChI=1S/C39H75ClO4/c1-3-5-7-9-11-13-15-17-19-21-23-25-27-29-31-33-36(41)35-37(40)39(43,44)38(42)34-32-30-28-26-24-22-20-18-16-14-12-10-8-6-4-2/h37,43-44H,3-35H2,1-2H3. The molecule has 0 saturated heterocycles. The molecule has 0 bridgehead atoms. The zero-order valence-electron chi connectivity index (χ0n) is 29.5. The number of carbonyl (C=O) groups is 2. The van der Waals surface area contributed by atoms with Crippen molar-refractivity contribution < 1.29 is 19.8 Å². The lowest BCUT2D eigenvalue weighted by Gasteiger charge is -2.25. The topological polar surface area (TPSA) is 74.6 Å². The van der Waals surface area contributed by atoms with Gasteiger partial charge in [-0.3, -0.25) is 9.59 Å². The van der Waals surface area contributed by atoms with Crippen LogP contribution in [-0.2, 0) is 9.59 Å². The minimum Gasteiger partial charge on any atom is -0.359 e. The number of hydrogen-bond donors (Lipinski definition) is 2. The molecule has 1 unspecified atom stereocenters. The summed E-state index contributed by atoms with van der Waals surface area (Å²) in [6, 6.07) is 0. The van der Waals surface area contributed by atoms with Crippen molar-refractivity contribution in [3.05, 3.63) is 0 Å². The first-order valence-electron chi connectivity index (χ1n) is 19.5. The predicted octanol–water partition coefficient (Wildman–Crippen LogP) is 12.3. The van der Waals surface area contributed by atoms with Crippen molar-refractivity contribution >= 4 is 23.2 Å². The Morgan fingerprint density at radius 2 is 0.705 bits per heavy atom. The Balaban J connectivity index is 3.65. The third-order valence-electron chi connectivity index (χ3n) is 9.32. The van der Waals surface area contributed by atoms with Crippen LogP contribution in [0.15, 0.2) is 0 Å². The largest absolute Gasteiger partial charge is 0.359 e. The maximum atomic E-state index is 12.4. The minimum absolute atomic E-state index is 0.0908. The molecule has 0 spiro atoms. The van der Waals surface area contributed by atoms with Gasteiger partial charge in [-0.2, -0.15) is 0 Å². The first kappa shape index (κ1) is 43.5. The molecule has 1 atom stereocenters. The van der Waals surface area contributed by atoms with E-state index in [1.807, 2.05) is 0 Å². The van der Waals surface area contributed by atoms with Crippen LogP contribution in [0.4, 0.5) is 0 Å². The fraction of sp³-hybridized carbons (Fsp3) is 0.949. The number of unbranched alkanes of at least 4 members (excludes halogenated alkanes) is 28. The second kappa shape index (κ2) is 32.5. The number of aliphatic hydroxyl groups is 2. The second-order valence-corrected chi connectivity index (χ2v) is 14.3. The van der Waals surface area contributed by atoms with E-state index in [1.165, 1.54) is 154 Å². The van der Waals surface area contributed by atoms with Crippen LogP contribution in [0.25, 0.3) is 0 Å². The Kier molecular flexibility index (Phi) is 32.2. The lowest BCUT2D eigenvalue weighted by Crippen LogP contribution is -2.47. The van der Waals surface area contributed by atoms with Gasteiger partial charge in [-0.15, -0.1) is 11.6 Å². The number of ketones is 2. The molecule has 0 aromatic rings. The fourth-order valence-electron chi connectivity index (χ4n) is 6.15. The molecule has 0 aromatic heterocycles. The van der Waals surface area contributed by atoms with Gasteiger partial charge in [0.05, 0.1) is 0 Å². The van der Waals surface area contributed by atoms with Crippen molar-refractivity contribution in [1.29, 1.82) is 0 Å². The summed E-state index contributed by atoms with van der Waals surface area (Å²) in [6.45, 7) is 4.53. The van der Waals surface area contributed by atoms with Gasteiger partial charge < -0.3 is 10.2 Å². The van der Waals surface area contributed by atoms with E-state index in [4.69, 9.17) is 11.6 Å². The third-order valence-corrected chi connectivity index (χ3v) is 9.78. The van der Waals surface area contributed by atoms with Gasteiger partial charge in [0.15, 0.2) is 5.78 Å². The normalized spacial score (nSPS) is 12.6. The number of alkyl halides is 1. The first-order valence-corrected chi connectivity index (χ1v) is 19.9. The average Bonchev–Trinajstić information content (AvgIpc) is 3.00. The molecule has 4 nitrogen and oxygen atoms in total. The van der Waals surface area contributed by atoms with Crippen molar-refractivity contribution in [3.63, 3.8) is 0 Å². The number of Topliss-reactive ketones (excluding diaryl/α,β-unsaturated/α-hetero) is 2. The monoisotopic (exact) mass is 643 g/mol. The highest BCUT2D eigenvalue weighted by atomic mass is 35.5. The van der Waals surface area contributed by atoms with Gasteiger partial charge in [-0.05, 0) is 12.8 Å². The van der Waals surface area contributed by atoms with Crippen molar-refractivity contribution in [2.45, 2.75) is 237 Å². The summed E-state index contributed by atoms with van der Waals surface area (Å²) in [7, 11) is 0. The lowest BCUT2D eigenvalue weighted by atomic mass is 9.96. The van der Waals surface area contributed by atoms with E-state index in [2.05, 4.69) is 13.8 Å². The summed E-state index contributed by atoms with van der Waals surface area (Å²) in [5.74, 6) is -3.37. The van der Waals surface area contributed by atoms with Crippen molar-refractivity contribution in [2.24, 2.45) is 0 Å². The molecule has 0 radical (unpaired) electrons. The van der Waals surface area contributed by atoms with Crippen LogP contribution in [-0.4, -0.2) is 32.9 Å². The van der Waals surface area contributed by atoms with Crippen LogP contribution in [0.3, 0.4) is 0 Å². The molecule has 0 rings (SSSR count). The van der Waals surface area contributed by atoms with E-state index in [9.17, 15) is 19.8 Å². The number of carbonyl (C=O) groups excluding carboxylic acids is 2. The van der Waals surface area contributed by atoms with E-state index in [0.717, 1.165) is 32.1 Å². The first-order chi connectivity index (χ1) is 21.4. The van der Waals surface area contributed by atoms with Crippen LogP contribution >= 0.6 is 11.6 Å². The van der Waals surface area contributed by atoms with Gasteiger partial charge in [0, 0.05) is 19.3 Å². The summed E-state index contributed by atoms with van der Waals surface area (Å²) >= 11 is 6.16. The van der Waals surface area contributed by atoms with E-state index in [1.54, 1.807) is 0 Å². The lowest BCUT2D eigenvalue weighted by molar-refractivity contribution is -0.184. The summed E-state index contributed by atoms with van der Waals surface area (Å²) < 4.78 is 0. The zero-order valence-corrected chi connectivity index (χ0v) is 30.3. The molecule has 0 heterocycles. The maximum Gasteiger partial charge on any atom is 0.241 e. The number of halogens is 1. The van der Waals surface area contributed by atoms with Crippen LogP contribution in [0.1, 0.15) is 226 Å². The molecule has 0 fully saturated rings. The molecule has 0 amide bonds. The van der Waals surface area contributed by atoms with Crippen LogP contribution in [0, 0.1) is 0 Å². The Bertz CT molecular complexity index is 636. The van der Waals surface area contributed by atoms with Gasteiger partial charge in [0.1, 0.15) is 11.2 Å². The second-order valence-electron chi connectivity index (χ2n) is 13.8. The Hall–Kier alpha value is -0.450. The molecule has 262 valence electrons. The van der Waals surface area contributed by atoms with Crippen molar-refractivity contribution in [2.75, 3.05) is 0 Å². The molecular formula is C39H75ClO4. The SMILES string of the molecule is CCCCCCCCCCCCCCCCCC(=O)CC(Cl)C(O)(O)C(=O)CCCCCCCCCCCCCCCCC. The molecule has 0 aliphatic carbocycles. The van der Waals surface area contributed by atoms with Gasteiger partial charge in [0.25, 0.3) is 0 Å². The Labute approximate surface area is 279 Å². The highest BCUT2D eigenvalue weighted by Crippen LogP contribution is 2.23. The summed E-state index contributed by atoms with van der Waals surface area (Å²) in [4.78, 5) is 24.8. The maximum absolute atomic E-state index is 12.4. The highest BCUT2D eigenvalue weighted by molar-refractivity contribution is 6.24. The smallest absolute Gasteiger partial charge is 0.241 e. The molecule has 44 heavy (non-hydrogen) atoms. The van der Waals surface area contributed by atoms with Gasteiger partial charge in [0.2, 0.25) is 5.79 Å². The molecule has 5 heteroatoms. The van der Waals surface area contributed by atoms with Crippen LogP contribution in [0.2, 0.25) is 0 Å². The van der Waals surface area contributed by atoms with E-state index >= 15 is 0 Å². The Morgan fingerprint density at radius 1 is 0.455 bits per heavy atom. The number of rotatable bonds is 36. The van der Waals surface area contributed by atoms with E-state index in [-0.39, 0.29) is 18.6 Å². The third kappa shape index (κ3) is 27.8. The highest BCUT2D eigenvalue weighted by Gasteiger charge is 2.41. The van der Waals surface area contributed by atoms with E-state index < -0.39 is 16.9 Å². The molecule has 2 N–H and O–H groups in total. The quantitative estimate of drug-likeness (QED) is 0.0405. The van der Waals surface area contributed by atoms with E-state index in [0.29, 0.717) is 12.8 Å². The predicted molar refractivity (Wildman–Crippen MR) is 191 cm³/mol. The van der Waals surface area contributed by atoms with Gasteiger partial charge in [-0.25, -0.2) is 0 Å². The molecule has 0 aliphatic rings. The molecule has 0 aliphatic heterocycles. The average molecular weight is 643 g/mol.